The van der Waals surface area contributed by atoms with E-state index in [9.17, 15) is 4.79 Å². The number of primary amides is 1. The zero-order valence-corrected chi connectivity index (χ0v) is 21.5. The lowest BCUT2D eigenvalue weighted by atomic mass is 9.99. The van der Waals surface area contributed by atoms with Gasteiger partial charge in [0.05, 0.1) is 6.20 Å². The molecule has 3 heterocycles. The smallest absolute Gasteiger partial charge is 0.267 e. The number of rotatable bonds is 2. The Morgan fingerprint density at radius 2 is 1.62 bits per heavy atom. The molecule has 0 atom stereocenters. The normalized spacial score (nSPS) is 9.31. The van der Waals surface area contributed by atoms with Crippen LogP contribution in [0.3, 0.4) is 0 Å². The van der Waals surface area contributed by atoms with Crippen molar-refractivity contribution in [2.75, 3.05) is 0 Å². The lowest BCUT2D eigenvalue weighted by molar-refractivity contribution is 0.0996. The molecule has 3 aromatic heterocycles. The second-order valence-electron chi connectivity index (χ2n) is 6.30. The number of nitrogens with zero attached hydrogens (tertiary/aromatic N) is 3. The van der Waals surface area contributed by atoms with Crippen molar-refractivity contribution >= 4 is 27.8 Å². The van der Waals surface area contributed by atoms with E-state index in [0.717, 1.165) is 33.1 Å². The van der Waals surface area contributed by atoms with Gasteiger partial charge in [-0.05, 0) is 24.6 Å². The van der Waals surface area contributed by atoms with E-state index in [1.165, 1.54) is 6.42 Å². The molecule has 4 aromatic rings. The van der Waals surface area contributed by atoms with Gasteiger partial charge >= 0.3 is 0 Å². The maximum Gasteiger partial charge on any atom is 0.267 e. The van der Waals surface area contributed by atoms with Crippen molar-refractivity contribution in [3.05, 3.63) is 47.9 Å². The van der Waals surface area contributed by atoms with Crippen LogP contribution in [0.2, 0.25) is 0 Å². The number of carbonyl (C=O) groups excluding carboxylic acids is 1. The number of aromatic amines is 1. The van der Waals surface area contributed by atoms with Crippen molar-refractivity contribution < 1.29 is 6.22 Å². The van der Waals surface area contributed by atoms with Crippen LogP contribution in [0.25, 0.3) is 33.1 Å². The fraction of sp³-hybridized carbons (Fsp3) is 0.423. The van der Waals surface area contributed by atoms with Crippen molar-refractivity contribution in [1.82, 2.24) is 19.7 Å². The van der Waals surface area contributed by atoms with Gasteiger partial charge in [0.1, 0.15) is 5.69 Å². The Balaban J connectivity index is 0. The predicted octanol–water partition coefficient (Wildman–Crippen LogP) is 7.26. The molecule has 1 amide bonds. The number of H-pyrrole nitrogens is 1. The van der Waals surface area contributed by atoms with Gasteiger partial charge in [-0.1, -0.05) is 80.0 Å². The van der Waals surface area contributed by atoms with E-state index >= 15 is 0 Å². The van der Waals surface area contributed by atoms with Crippen LogP contribution in [0.4, 0.5) is 0 Å². The van der Waals surface area contributed by atoms with Gasteiger partial charge in [0.15, 0.2) is 5.65 Å². The van der Waals surface area contributed by atoms with Gasteiger partial charge in [0.25, 0.3) is 5.91 Å². The van der Waals surface area contributed by atoms with Gasteiger partial charge in [0.2, 0.25) is 0 Å². The molecule has 0 aliphatic rings. The second-order valence-corrected chi connectivity index (χ2v) is 6.30. The van der Waals surface area contributed by atoms with Crippen LogP contribution >= 0.6 is 0 Å². The van der Waals surface area contributed by atoms with Crippen LogP contribution < -0.4 is 5.73 Å². The zero-order chi connectivity index (χ0) is 24.8. The highest BCUT2D eigenvalue weighted by molar-refractivity contribution is 6.07. The molecule has 0 radical (unpaired) electrons. The van der Waals surface area contributed by atoms with E-state index in [-0.39, 0.29) is 7.12 Å². The lowest BCUT2D eigenvalue weighted by Crippen LogP contribution is -2.13. The number of benzene rings is 1. The number of hydrogen-bond acceptors (Lipinski definition) is 3. The molecule has 3 N–H and O–H groups in total. The Kier molecular flexibility index (Phi) is 13.3. The summed E-state index contributed by atoms with van der Waals surface area (Å²) in [5.41, 5.74) is 10.4. The summed E-state index contributed by atoms with van der Waals surface area (Å²) < 4.78 is 2.14. The zero-order valence-electron chi connectivity index (χ0n) is 21.5. The quantitative estimate of drug-likeness (QED) is 0.343. The molecule has 0 fully saturated rings. The Hall–Kier alpha value is -3.15. The highest BCUT2D eigenvalue weighted by atomic mass is 16.1. The van der Waals surface area contributed by atoms with Crippen molar-refractivity contribution in [2.45, 2.75) is 68.7 Å². The number of carbonyl (C=O) groups is 1. The summed E-state index contributed by atoms with van der Waals surface area (Å²) in [6.07, 6.45) is 2.98. The Bertz CT molecular complexity index is 1100. The van der Waals surface area contributed by atoms with Gasteiger partial charge < -0.3 is 10.3 Å². The number of nitrogens with two attached hydrogens (primary N) is 1. The lowest BCUT2D eigenvalue weighted by Gasteiger charge is -2.06. The first-order valence-corrected chi connectivity index (χ1v) is 11.7. The van der Waals surface area contributed by atoms with Crippen LogP contribution in [0, 0.1) is 6.92 Å². The van der Waals surface area contributed by atoms with E-state index < -0.39 is 5.91 Å². The first kappa shape index (κ1) is 28.9. The molecule has 0 bridgehead atoms. The summed E-state index contributed by atoms with van der Waals surface area (Å²) in [5, 5.41) is 8.87. The number of amides is 1. The average Bonchev–Trinajstić information content (AvgIpc) is 3.41. The Labute approximate surface area is 194 Å². The standard InChI is InChI=1S/C17H15N5O.C3H8.3C2H6.H2/c1-9-15(10-5-3-4-6-14(10)22(9)2)11-7-13(16(18)23)20-17-12(11)8-19-21-17;1-3-2;3*1-2;/h3-8H,1-2H3,(H2,18,23)(H,19,20,21);3H2,1-2H3;3*1-2H3;1H. The van der Waals surface area contributed by atoms with Crippen molar-refractivity contribution in [2.24, 2.45) is 12.8 Å². The Morgan fingerprint density at radius 3 is 2.19 bits per heavy atom. The number of para-hydroxylation sites is 1. The summed E-state index contributed by atoms with van der Waals surface area (Å²) >= 11 is 0. The predicted molar refractivity (Wildman–Crippen MR) is 141 cm³/mol. The van der Waals surface area contributed by atoms with Gasteiger partial charge in [-0.3, -0.25) is 9.89 Å². The molecular formula is C26H43N5O. The van der Waals surface area contributed by atoms with Gasteiger partial charge in [-0.25, -0.2) is 4.98 Å². The molecule has 0 saturated carbocycles. The topological polar surface area (TPSA) is 89.6 Å². The minimum absolute atomic E-state index is 0. The number of hydrogen-bond donors (Lipinski definition) is 2. The van der Waals surface area contributed by atoms with Crippen LogP contribution in [0.15, 0.2) is 36.5 Å². The monoisotopic (exact) mass is 441 g/mol. The van der Waals surface area contributed by atoms with E-state index in [1.807, 2.05) is 60.7 Å². The molecule has 178 valence electrons. The fourth-order valence-corrected chi connectivity index (χ4v) is 3.12. The minimum Gasteiger partial charge on any atom is -0.364 e. The first-order chi connectivity index (χ1) is 15.5. The van der Waals surface area contributed by atoms with Crippen molar-refractivity contribution in [1.29, 1.82) is 0 Å². The number of aryl methyl sites for hydroxylation is 1. The molecule has 0 spiro atoms. The average molecular weight is 442 g/mol. The maximum atomic E-state index is 11.6. The van der Waals surface area contributed by atoms with E-state index in [4.69, 9.17) is 5.73 Å². The maximum absolute atomic E-state index is 11.6. The van der Waals surface area contributed by atoms with Crippen LogP contribution in [-0.2, 0) is 7.05 Å². The highest BCUT2D eigenvalue weighted by Gasteiger charge is 2.19. The summed E-state index contributed by atoms with van der Waals surface area (Å²) in [6.45, 7) is 18.3. The summed E-state index contributed by atoms with van der Waals surface area (Å²) in [4.78, 5) is 15.9. The van der Waals surface area contributed by atoms with Crippen LogP contribution in [-0.4, -0.2) is 25.7 Å². The third-order valence-corrected chi connectivity index (χ3v) is 4.34. The van der Waals surface area contributed by atoms with E-state index in [2.05, 4.69) is 52.7 Å². The third-order valence-electron chi connectivity index (χ3n) is 4.34. The number of fused-ring (bicyclic) bond motifs is 2. The van der Waals surface area contributed by atoms with Crippen LogP contribution in [0.1, 0.15) is 79.4 Å². The number of pyridine rings is 1. The molecule has 4 rings (SSSR count). The molecule has 6 heteroatoms. The SMILES string of the molecule is CC.CC.CC.CCC.Cc1c(-c2cc(C(N)=O)nc3[nH]ncc23)c2ccccc2n1C.[HH]. The molecule has 1 aromatic carbocycles. The second kappa shape index (κ2) is 14.8. The Morgan fingerprint density at radius 1 is 1.06 bits per heavy atom. The van der Waals surface area contributed by atoms with Gasteiger partial charge in [-0.15, -0.1) is 0 Å². The first-order valence-electron chi connectivity index (χ1n) is 11.7. The molecule has 0 unspecified atom stereocenters. The summed E-state index contributed by atoms with van der Waals surface area (Å²) in [7, 11) is 2.03. The molecule has 0 aliphatic carbocycles. The van der Waals surface area contributed by atoms with Gasteiger partial charge in [-0.2, -0.15) is 5.10 Å². The van der Waals surface area contributed by atoms with Crippen molar-refractivity contribution in [3.63, 3.8) is 0 Å². The number of aromatic nitrogens is 4. The van der Waals surface area contributed by atoms with Crippen molar-refractivity contribution in [3.8, 4) is 11.1 Å². The summed E-state index contributed by atoms with van der Waals surface area (Å²) in [6, 6.07) is 9.92. The third kappa shape index (κ3) is 6.19. The van der Waals surface area contributed by atoms with E-state index in [1.54, 1.807) is 12.3 Å². The largest absolute Gasteiger partial charge is 0.364 e. The fourth-order valence-electron chi connectivity index (χ4n) is 3.12. The highest BCUT2D eigenvalue weighted by Crippen LogP contribution is 2.37. The summed E-state index contributed by atoms with van der Waals surface area (Å²) in [5.74, 6) is -0.555. The minimum atomic E-state index is -0.555. The molecule has 6 nitrogen and oxygen atoms in total. The molecule has 0 saturated heterocycles. The van der Waals surface area contributed by atoms with E-state index in [0.29, 0.717) is 5.65 Å². The number of nitrogens with one attached hydrogen (secondary N) is 1. The van der Waals surface area contributed by atoms with Crippen LogP contribution in [0.5, 0.6) is 0 Å². The molecule has 0 aliphatic heterocycles. The molecular weight excluding hydrogens is 398 g/mol. The molecule has 32 heavy (non-hydrogen) atoms. The van der Waals surface area contributed by atoms with Gasteiger partial charge in [0, 0.05) is 36.0 Å².